The molecule has 1 saturated carbocycles. The first-order chi connectivity index (χ1) is 7.70. The second kappa shape index (κ2) is 5.24. The third kappa shape index (κ3) is 2.61. The van der Waals surface area contributed by atoms with Crippen molar-refractivity contribution < 1.29 is 4.42 Å². The molecule has 1 N–H and O–H groups in total. The molecule has 2 nitrogen and oxygen atoms in total. The van der Waals surface area contributed by atoms with E-state index in [0.29, 0.717) is 17.2 Å². The summed E-state index contributed by atoms with van der Waals surface area (Å²) < 4.78 is 5.52. The zero-order chi connectivity index (χ0) is 11.5. The van der Waals surface area contributed by atoms with Crippen LogP contribution in [0.5, 0.6) is 0 Å². The minimum absolute atomic E-state index is 0.319. The smallest absolute Gasteiger partial charge is 0.193 e. The van der Waals surface area contributed by atoms with Crippen LogP contribution in [0.1, 0.15) is 44.4 Å². The van der Waals surface area contributed by atoms with Crippen molar-refractivity contribution in [2.24, 2.45) is 11.8 Å². The van der Waals surface area contributed by atoms with Gasteiger partial charge in [0.05, 0.1) is 6.04 Å². The molecule has 16 heavy (non-hydrogen) atoms. The van der Waals surface area contributed by atoms with Gasteiger partial charge >= 0.3 is 0 Å². The van der Waals surface area contributed by atoms with Gasteiger partial charge in [-0.25, -0.2) is 0 Å². The van der Waals surface area contributed by atoms with E-state index < -0.39 is 0 Å². The number of hydrogen-bond donors (Lipinski definition) is 1. The molecule has 1 heterocycles. The molecule has 0 saturated heterocycles. The zero-order valence-corrected chi connectivity index (χ0v) is 10.8. The minimum Gasteiger partial charge on any atom is -0.448 e. The quantitative estimate of drug-likeness (QED) is 0.865. The van der Waals surface area contributed by atoms with Crippen molar-refractivity contribution in [3.05, 3.63) is 23.1 Å². The van der Waals surface area contributed by atoms with Gasteiger partial charge in [0, 0.05) is 0 Å². The predicted molar refractivity (Wildman–Crippen MR) is 66.6 cm³/mol. The van der Waals surface area contributed by atoms with E-state index in [1.165, 1.54) is 25.7 Å². The molecule has 2 rings (SSSR count). The lowest BCUT2D eigenvalue weighted by atomic mass is 9.78. The van der Waals surface area contributed by atoms with Crippen LogP contribution in [0.25, 0.3) is 0 Å². The molecule has 0 bridgehead atoms. The summed E-state index contributed by atoms with van der Waals surface area (Å²) in [4.78, 5) is 0. The van der Waals surface area contributed by atoms with Gasteiger partial charge in [0.25, 0.3) is 0 Å². The van der Waals surface area contributed by atoms with Gasteiger partial charge < -0.3 is 9.73 Å². The minimum atomic E-state index is 0.319. The molecular formula is C13H20ClNO. The van der Waals surface area contributed by atoms with Gasteiger partial charge in [-0.1, -0.05) is 19.8 Å². The topological polar surface area (TPSA) is 25.2 Å². The summed E-state index contributed by atoms with van der Waals surface area (Å²) in [6, 6.07) is 4.13. The van der Waals surface area contributed by atoms with Crippen molar-refractivity contribution in [3.63, 3.8) is 0 Å². The largest absolute Gasteiger partial charge is 0.448 e. The number of halogens is 1. The summed E-state index contributed by atoms with van der Waals surface area (Å²) in [5.74, 6) is 2.55. The van der Waals surface area contributed by atoms with Crippen molar-refractivity contribution in [2.75, 3.05) is 7.05 Å². The molecule has 1 aromatic rings. The van der Waals surface area contributed by atoms with Crippen molar-refractivity contribution in [3.8, 4) is 0 Å². The van der Waals surface area contributed by atoms with E-state index in [-0.39, 0.29) is 0 Å². The normalized spacial score (nSPS) is 27.9. The van der Waals surface area contributed by atoms with E-state index in [4.69, 9.17) is 16.0 Å². The fraction of sp³-hybridized carbons (Fsp3) is 0.692. The number of nitrogens with one attached hydrogen (secondary N) is 1. The van der Waals surface area contributed by atoms with Crippen LogP contribution in [-0.2, 0) is 0 Å². The first kappa shape index (κ1) is 12.0. The van der Waals surface area contributed by atoms with E-state index in [0.717, 1.165) is 11.7 Å². The fourth-order valence-electron chi connectivity index (χ4n) is 2.72. The van der Waals surface area contributed by atoms with Crippen LogP contribution < -0.4 is 5.32 Å². The Morgan fingerprint density at radius 3 is 2.50 bits per heavy atom. The number of rotatable bonds is 3. The Labute approximate surface area is 102 Å². The fourth-order valence-corrected chi connectivity index (χ4v) is 2.88. The predicted octanol–water partition coefficient (Wildman–Crippen LogP) is 4.02. The van der Waals surface area contributed by atoms with Gasteiger partial charge in [-0.15, -0.1) is 0 Å². The van der Waals surface area contributed by atoms with Crippen LogP contribution in [0.4, 0.5) is 0 Å². The first-order valence-electron chi connectivity index (χ1n) is 6.13. The molecule has 0 aliphatic heterocycles. The van der Waals surface area contributed by atoms with Gasteiger partial charge in [0.15, 0.2) is 5.22 Å². The molecule has 1 aromatic heterocycles. The molecule has 0 spiro atoms. The standard InChI is InChI=1S/C13H20ClNO/c1-9-3-5-10(6-4-9)13(15-2)11-7-8-12(14)16-11/h7-10,13,15H,3-6H2,1-2H3. The Balaban J connectivity index is 2.05. The highest BCUT2D eigenvalue weighted by Crippen LogP contribution is 2.37. The molecule has 1 aliphatic rings. The van der Waals surface area contributed by atoms with Crippen molar-refractivity contribution in [1.82, 2.24) is 5.32 Å². The van der Waals surface area contributed by atoms with Gasteiger partial charge in [0.2, 0.25) is 0 Å². The van der Waals surface area contributed by atoms with Crippen LogP contribution in [0.15, 0.2) is 16.5 Å². The van der Waals surface area contributed by atoms with Crippen LogP contribution in [0.2, 0.25) is 5.22 Å². The lowest BCUT2D eigenvalue weighted by Gasteiger charge is -2.31. The molecule has 0 radical (unpaired) electrons. The second-order valence-electron chi connectivity index (χ2n) is 4.93. The lowest BCUT2D eigenvalue weighted by molar-refractivity contribution is 0.219. The highest BCUT2D eigenvalue weighted by Gasteiger charge is 2.28. The number of hydrogen-bond acceptors (Lipinski definition) is 2. The maximum Gasteiger partial charge on any atom is 0.193 e. The monoisotopic (exact) mass is 241 g/mol. The maximum absolute atomic E-state index is 5.83. The highest BCUT2D eigenvalue weighted by atomic mass is 35.5. The Kier molecular flexibility index (Phi) is 3.93. The Hall–Kier alpha value is -0.470. The Morgan fingerprint density at radius 1 is 1.31 bits per heavy atom. The van der Waals surface area contributed by atoms with E-state index in [1.54, 1.807) is 0 Å². The molecule has 1 atom stereocenters. The summed E-state index contributed by atoms with van der Waals surface area (Å²) in [7, 11) is 2.00. The maximum atomic E-state index is 5.83. The van der Waals surface area contributed by atoms with E-state index in [2.05, 4.69) is 12.2 Å². The Morgan fingerprint density at radius 2 is 2.00 bits per heavy atom. The molecule has 0 aromatic carbocycles. The van der Waals surface area contributed by atoms with Crippen LogP contribution in [-0.4, -0.2) is 7.05 Å². The van der Waals surface area contributed by atoms with Crippen LogP contribution in [0, 0.1) is 11.8 Å². The second-order valence-corrected chi connectivity index (χ2v) is 5.30. The summed E-state index contributed by atoms with van der Waals surface area (Å²) in [5, 5.41) is 3.85. The van der Waals surface area contributed by atoms with Gasteiger partial charge in [-0.3, -0.25) is 0 Å². The summed E-state index contributed by atoms with van der Waals surface area (Å²) in [6.45, 7) is 2.34. The van der Waals surface area contributed by atoms with E-state index >= 15 is 0 Å². The molecular weight excluding hydrogens is 222 g/mol. The summed E-state index contributed by atoms with van der Waals surface area (Å²) in [6.07, 6.45) is 5.23. The zero-order valence-electron chi connectivity index (χ0n) is 10.0. The molecule has 90 valence electrons. The van der Waals surface area contributed by atoms with E-state index in [1.807, 2.05) is 19.2 Å². The van der Waals surface area contributed by atoms with Gasteiger partial charge in [0.1, 0.15) is 5.76 Å². The summed E-state index contributed by atoms with van der Waals surface area (Å²) >= 11 is 5.83. The lowest BCUT2D eigenvalue weighted by Crippen LogP contribution is -2.28. The molecule has 1 fully saturated rings. The number of furan rings is 1. The average molecular weight is 242 g/mol. The molecule has 3 heteroatoms. The van der Waals surface area contributed by atoms with Crippen molar-refractivity contribution >= 4 is 11.6 Å². The Bertz CT molecular complexity index is 328. The van der Waals surface area contributed by atoms with Gasteiger partial charge in [-0.05, 0) is 55.5 Å². The highest BCUT2D eigenvalue weighted by molar-refractivity contribution is 6.28. The SMILES string of the molecule is CNC(c1ccc(Cl)o1)C1CCC(C)CC1. The van der Waals surface area contributed by atoms with Crippen molar-refractivity contribution in [2.45, 2.75) is 38.6 Å². The van der Waals surface area contributed by atoms with Crippen molar-refractivity contribution in [1.29, 1.82) is 0 Å². The van der Waals surface area contributed by atoms with Crippen LogP contribution in [0.3, 0.4) is 0 Å². The molecule has 0 amide bonds. The van der Waals surface area contributed by atoms with E-state index in [9.17, 15) is 0 Å². The average Bonchev–Trinajstić information content (AvgIpc) is 2.69. The third-order valence-electron chi connectivity index (χ3n) is 3.74. The molecule has 1 aliphatic carbocycles. The van der Waals surface area contributed by atoms with Crippen LogP contribution >= 0.6 is 11.6 Å². The third-order valence-corrected chi connectivity index (χ3v) is 3.95. The molecule has 1 unspecified atom stereocenters. The van der Waals surface area contributed by atoms with Gasteiger partial charge in [-0.2, -0.15) is 0 Å². The summed E-state index contributed by atoms with van der Waals surface area (Å²) in [5.41, 5.74) is 0. The first-order valence-corrected chi connectivity index (χ1v) is 6.51.